The fourth-order valence-electron chi connectivity index (χ4n) is 3.20. The molecule has 4 heteroatoms. The Bertz CT molecular complexity index is 1270. The number of nitrogens with zero attached hydrogens (tertiary/aromatic N) is 1. The second-order valence-electron chi connectivity index (χ2n) is 6.83. The number of halogens is 2. The zero-order chi connectivity index (χ0) is 20.9. The third kappa shape index (κ3) is 4.74. The van der Waals surface area contributed by atoms with Crippen LogP contribution in [0.25, 0.3) is 22.4 Å². The van der Waals surface area contributed by atoms with Crippen molar-refractivity contribution in [2.24, 2.45) is 0 Å². The number of hydrogen-bond donors (Lipinski definition) is 0. The summed E-state index contributed by atoms with van der Waals surface area (Å²) in [5.74, 6) is 0.710. The Morgan fingerprint density at radius 1 is 0.933 bits per heavy atom. The highest BCUT2D eigenvalue weighted by Crippen LogP contribution is 2.29. The highest BCUT2D eigenvalue weighted by molar-refractivity contribution is 9.10. The second-order valence-corrected chi connectivity index (χ2v) is 8.18. The Labute approximate surface area is 189 Å². The Balaban J connectivity index is 1.67. The molecule has 0 bridgehead atoms. The van der Waals surface area contributed by atoms with Gasteiger partial charge in [-0.25, -0.2) is 0 Å². The molecule has 0 amide bonds. The van der Waals surface area contributed by atoms with E-state index in [2.05, 4.69) is 28.1 Å². The van der Waals surface area contributed by atoms with Gasteiger partial charge >= 0.3 is 0 Å². The first-order valence-electron chi connectivity index (χ1n) is 9.40. The zero-order valence-corrected chi connectivity index (χ0v) is 18.3. The van der Waals surface area contributed by atoms with Crippen molar-refractivity contribution in [3.05, 3.63) is 111 Å². The summed E-state index contributed by atoms with van der Waals surface area (Å²) in [5, 5.41) is 12.8. The summed E-state index contributed by atoms with van der Waals surface area (Å²) in [6.07, 6.45) is 1.87. The van der Waals surface area contributed by atoms with E-state index < -0.39 is 0 Å². The van der Waals surface area contributed by atoms with Crippen molar-refractivity contribution in [3.8, 4) is 11.8 Å². The van der Waals surface area contributed by atoms with Crippen molar-refractivity contribution < 1.29 is 4.74 Å². The molecule has 0 spiro atoms. The molecule has 30 heavy (non-hydrogen) atoms. The lowest BCUT2D eigenvalue weighted by molar-refractivity contribution is 0.305. The fraction of sp³-hybridized carbons (Fsp3) is 0.0385. The standard InChI is InChI=1S/C26H17BrClNO/c27-24-9-12-26(30-17-18-5-10-25(28)11-6-18)22(15-24)14-23(16-29)21-8-7-19-3-1-2-4-20(19)13-21/h1-15H,17H2. The second kappa shape index (κ2) is 9.17. The van der Waals surface area contributed by atoms with Gasteiger partial charge in [-0.1, -0.05) is 76.1 Å². The number of nitriles is 1. The summed E-state index contributed by atoms with van der Waals surface area (Å²) in [5.41, 5.74) is 3.31. The van der Waals surface area contributed by atoms with E-state index in [1.54, 1.807) is 0 Å². The molecule has 146 valence electrons. The van der Waals surface area contributed by atoms with Gasteiger partial charge in [0.2, 0.25) is 0 Å². The number of fused-ring (bicyclic) bond motifs is 1. The fourth-order valence-corrected chi connectivity index (χ4v) is 3.70. The van der Waals surface area contributed by atoms with Crippen LogP contribution in [0.3, 0.4) is 0 Å². The maximum absolute atomic E-state index is 9.82. The Hall–Kier alpha value is -3.06. The van der Waals surface area contributed by atoms with Crippen LogP contribution in [-0.2, 0) is 6.61 Å². The van der Waals surface area contributed by atoms with Gasteiger partial charge in [0.15, 0.2) is 0 Å². The summed E-state index contributed by atoms with van der Waals surface area (Å²) in [6, 6.07) is 29.8. The van der Waals surface area contributed by atoms with Crippen molar-refractivity contribution in [3.63, 3.8) is 0 Å². The van der Waals surface area contributed by atoms with Gasteiger partial charge in [0.25, 0.3) is 0 Å². The van der Waals surface area contributed by atoms with Crippen LogP contribution in [0.15, 0.2) is 89.4 Å². The lowest BCUT2D eigenvalue weighted by Gasteiger charge is -2.11. The summed E-state index contributed by atoms with van der Waals surface area (Å²) in [4.78, 5) is 0. The largest absolute Gasteiger partial charge is 0.488 e. The summed E-state index contributed by atoms with van der Waals surface area (Å²) < 4.78 is 6.97. The quantitative estimate of drug-likeness (QED) is 0.217. The molecule has 0 unspecified atom stereocenters. The van der Waals surface area contributed by atoms with Crippen molar-refractivity contribution >= 4 is 50.0 Å². The van der Waals surface area contributed by atoms with Crippen LogP contribution in [0.5, 0.6) is 5.75 Å². The van der Waals surface area contributed by atoms with Crippen molar-refractivity contribution in [2.75, 3.05) is 0 Å². The zero-order valence-electron chi connectivity index (χ0n) is 16.0. The van der Waals surface area contributed by atoms with Crippen LogP contribution in [0.2, 0.25) is 5.02 Å². The third-order valence-corrected chi connectivity index (χ3v) is 5.51. The van der Waals surface area contributed by atoms with Gasteiger partial charge in [-0.2, -0.15) is 5.26 Å². The summed E-state index contributed by atoms with van der Waals surface area (Å²) in [7, 11) is 0. The van der Waals surface area contributed by atoms with E-state index in [-0.39, 0.29) is 0 Å². The smallest absolute Gasteiger partial charge is 0.127 e. The molecule has 0 N–H and O–H groups in total. The van der Waals surface area contributed by atoms with Crippen LogP contribution in [0, 0.1) is 11.3 Å². The minimum atomic E-state index is 0.414. The van der Waals surface area contributed by atoms with E-state index >= 15 is 0 Å². The monoisotopic (exact) mass is 473 g/mol. The van der Waals surface area contributed by atoms with Crippen molar-refractivity contribution in [1.82, 2.24) is 0 Å². The third-order valence-electron chi connectivity index (χ3n) is 4.76. The van der Waals surface area contributed by atoms with Crippen LogP contribution < -0.4 is 4.74 Å². The first-order valence-corrected chi connectivity index (χ1v) is 10.6. The average Bonchev–Trinajstić information content (AvgIpc) is 2.77. The molecule has 0 aliphatic carbocycles. The van der Waals surface area contributed by atoms with E-state index in [4.69, 9.17) is 16.3 Å². The number of rotatable bonds is 5. The van der Waals surface area contributed by atoms with E-state index in [0.717, 1.165) is 31.9 Å². The van der Waals surface area contributed by atoms with E-state index in [9.17, 15) is 5.26 Å². The molecule has 4 aromatic rings. The summed E-state index contributed by atoms with van der Waals surface area (Å²) in [6.45, 7) is 0.414. The Morgan fingerprint density at radius 3 is 2.47 bits per heavy atom. The highest BCUT2D eigenvalue weighted by Gasteiger charge is 2.08. The maximum atomic E-state index is 9.82. The molecular weight excluding hydrogens is 458 g/mol. The van der Waals surface area contributed by atoms with Gasteiger partial charge < -0.3 is 4.74 Å². The van der Waals surface area contributed by atoms with Gasteiger partial charge in [-0.05, 0) is 64.4 Å². The topological polar surface area (TPSA) is 33.0 Å². The van der Waals surface area contributed by atoms with Crippen molar-refractivity contribution in [2.45, 2.75) is 6.61 Å². The van der Waals surface area contributed by atoms with Crippen LogP contribution in [0.4, 0.5) is 0 Å². The molecular formula is C26H17BrClNO. The van der Waals surface area contributed by atoms with Gasteiger partial charge in [0.1, 0.15) is 12.4 Å². The van der Waals surface area contributed by atoms with E-state index in [1.807, 2.05) is 84.9 Å². The van der Waals surface area contributed by atoms with Gasteiger partial charge in [0.05, 0.1) is 11.6 Å². The SMILES string of the molecule is N#CC(=Cc1cc(Br)ccc1OCc1ccc(Cl)cc1)c1ccc2ccccc2c1. The van der Waals surface area contributed by atoms with E-state index in [0.29, 0.717) is 23.0 Å². The molecule has 4 aromatic carbocycles. The number of allylic oxidation sites excluding steroid dienone is 1. The number of ether oxygens (including phenoxy) is 1. The van der Waals surface area contributed by atoms with Gasteiger partial charge in [-0.3, -0.25) is 0 Å². The normalized spacial score (nSPS) is 11.3. The molecule has 2 nitrogen and oxygen atoms in total. The molecule has 0 saturated heterocycles. The Kier molecular flexibility index (Phi) is 6.18. The predicted molar refractivity (Wildman–Crippen MR) is 127 cm³/mol. The summed E-state index contributed by atoms with van der Waals surface area (Å²) >= 11 is 9.47. The lowest BCUT2D eigenvalue weighted by atomic mass is 10.00. The average molecular weight is 475 g/mol. The molecule has 0 saturated carbocycles. The molecule has 0 aromatic heterocycles. The highest BCUT2D eigenvalue weighted by atomic mass is 79.9. The van der Waals surface area contributed by atoms with Crippen LogP contribution in [0.1, 0.15) is 16.7 Å². The molecule has 0 heterocycles. The van der Waals surface area contributed by atoms with Crippen LogP contribution >= 0.6 is 27.5 Å². The van der Waals surface area contributed by atoms with E-state index in [1.165, 1.54) is 0 Å². The number of hydrogen-bond acceptors (Lipinski definition) is 2. The molecule has 4 rings (SSSR count). The molecule has 0 radical (unpaired) electrons. The number of benzene rings is 4. The minimum absolute atomic E-state index is 0.414. The maximum Gasteiger partial charge on any atom is 0.127 e. The van der Waals surface area contributed by atoms with Gasteiger partial charge in [-0.15, -0.1) is 0 Å². The Morgan fingerprint density at radius 2 is 1.70 bits per heavy atom. The first-order chi connectivity index (χ1) is 14.6. The van der Waals surface area contributed by atoms with Gasteiger partial charge in [0, 0.05) is 15.1 Å². The predicted octanol–water partition coefficient (Wildman–Crippen LogP) is 7.90. The molecule has 0 fully saturated rings. The van der Waals surface area contributed by atoms with Crippen LogP contribution in [-0.4, -0.2) is 0 Å². The lowest BCUT2D eigenvalue weighted by Crippen LogP contribution is -1.97. The molecule has 0 aliphatic rings. The molecule has 0 aliphatic heterocycles. The first kappa shape index (κ1) is 20.2. The van der Waals surface area contributed by atoms with Crippen molar-refractivity contribution in [1.29, 1.82) is 5.26 Å². The minimum Gasteiger partial charge on any atom is -0.488 e. The molecule has 0 atom stereocenters.